The Morgan fingerprint density at radius 1 is 1.40 bits per heavy atom. The van der Waals surface area contributed by atoms with Gasteiger partial charge in [0.05, 0.1) is 0 Å². The molecule has 1 aliphatic carbocycles. The molecule has 0 heterocycles. The van der Waals surface area contributed by atoms with Crippen LogP contribution in [0.5, 0.6) is 0 Å². The second-order valence-corrected chi connectivity index (χ2v) is 5.06. The molecule has 15 heavy (non-hydrogen) atoms. The van der Waals surface area contributed by atoms with Gasteiger partial charge in [0.15, 0.2) is 0 Å². The van der Waals surface area contributed by atoms with E-state index in [0.717, 1.165) is 10.9 Å². The summed E-state index contributed by atoms with van der Waals surface area (Å²) < 4.78 is 1.11. The molecule has 0 N–H and O–H groups in total. The minimum Gasteiger partial charge on any atom is -0.349 e. The SMILES string of the molecule is CN(C)C(=O)[C@@H]1C[C@@H]1c1ccccc1Br. The third kappa shape index (κ3) is 2.07. The molecule has 0 spiro atoms. The van der Waals surface area contributed by atoms with E-state index >= 15 is 0 Å². The highest BCUT2D eigenvalue weighted by Crippen LogP contribution is 2.50. The fourth-order valence-electron chi connectivity index (χ4n) is 1.92. The molecule has 2 rings (SSSR count). The van der Waals surface area contributed by atoms with Crippen molar-refractivity contribution < 1.29 is 4.79 Å². The van der Waals surface area contributed by atoms with Crippen molar-refractivity contribution >= 4 is 21.8 Å². The fraction of sp³-hybridized carbons (Fsp3) is 0.417. The molecule has 3 heteroatoms. The van der Waals surface area contributed by atoms with Gasteiger partial charge >= 0.3 is 0 Å². The molecule has 2 nitrogen and oxygen atoms in total. The first-order valence-corrected chi connectivity index (χ1v) is 5.86. The highest BCUT2D eigenvalue weighted by Gasteiger charge is 2.45. The summed E-state index contributed by atoms with van der Waals surface area (Å²) in [7, 11) is 3.63. The Hall–Kier alpha value is -0.830. The fourth-order valence-corrected chi connectivity index (χ4v) is 2.50. The van der Waals surface area contributed by atoms with E-state index < -0.39 is 0 Å². The second kappa shape index (κ2) is 3.97. The maximum absolute atomic E-state index is 11.7. The Bertz CT molecular complexity index is 389. The summed E-state index contributed by atoms with van der Waals surface area (Å²) in [6, 6.07) is 8.15. The zero-order valence-corrected chi connectivity index (χ0v) is 10.5. The molecule has 1 saturated carbocycles. The van der Waals surface area contributed by atoms with Crippen molar-refractivity contribution in [2.75, 3.05) is 14.1 Å². The van der Waals surface area contributed by atoms with Crippen LogP contribution in [0.1, 0.15) is 17.9 Å². The maximum Gasteiger partial charge on any atom is 0.225 e. The minimum absolute atomic E-state index is 0.193. The van der Waals surface area contributed by atoms with Crippen LogP contribution >= 0.6 is 15.9 Å². The number of hydrogen-bond acceptors (Lipinski definition) is 1. The summed E-state index contributed by atoms with van der Waals surface area (Å²) in [5.74, 6) is 0.852. The minimum atomic E-state index is 0.193. The smallest absolute Gasteiger partial charge is 0.225 e. The third-order valence-corrected chi connectivity index (χ3v) is 3.58. The summed E-state index contributed by atoms with van der Waals surface area (Å²) in [6.45, 7) is 0. The van der Waals surface area contributed by atoms with E-state index in [2.05, 4.69) is 22.0 Å². The Labute approximate surface area is 98.4 Å². The van der Waals surface area contributed by atoms with Gasteiger partial charge in [0, 0.05) is 24.5 Å². The zero-order chi connectivity index (χ0) is 11.0. The first kappa shape index (κ1) is 10.7. The van der Waals surface area contributed by atoms with E-state index in [9.17, 15) is 4.79 Å². The molecule has 1 fully saturated rings. The normalized spacial score (nSPS) is 23.7. The molecule has 1 aliphatic rings. The summed E-state index contributed by atoms with van der Waals surface area (Å²) in [5.41, 5.74) is 1.26. The predicted molar refractivity (Wildman–Crippen MR) is 63.7 cm³/mol. The van der Waals surface area contributed by atoms with Crippen molar-refractivity contribution in [3.8, 4) is 0 Å². The van der Waals surface area contributed by atoms with E-state index in [1.807, 2.05) is 32.3 Å². The van der Waals surface area contributed by atoms with Gasteiger partial charge in [-0.2, -0.15) is 0 Å². The Morgan fingerprint density at radius 2 is 2.07 bits per heavy atom. The summed E-state index contributed by atoms with van der Waals surface area (Å²) in [6.07, 6.45) is 0.986. The lowest BCUT2D eigenvalue weighted by molar-refractivity contribution is -0.130. The van der Waals surface area contributed by atoms with Gasteiger partial charge in [-0.3, -0.25) is 4.79 Å². The van der Waals surface area contributed by atoms with Crippen LogP contribution in [0.2, 0.25) is 0 Å². The van der Waals surface area contributed by atoms with Gasteiger partial charge in [0.1, 0.15) is 0 Å². The van der Waals surface area contributed by atoms with Crippen molar-refractivity contribution in [2.45, 2.75) is 12.3 Å². The topological polar surface area (TPSA) is 20.3 Å². The summed E-state index contributed by atoms with van der Waals surface area (Å²) in [4.78, 5) is 13.4. The molecule has 80 valence electrons. The quantitative estimate of drug-likeness (QED) is 0.807. The number of carbonyl (C=O) groups is 1. The van der Waals surface area contributed by atoms with Crippen LogP contribution in [0.3, 0.4) is 0 Å². The van der Waals surface area contributed by atoms with Crippen molar-refractivity contribution in [1.29, 1.82) is 0 Å². The molecular weight excluding hydrogens is 254 g/mol. The van der Waals surface area contributed by atoms with Crippen molar-refractivity contribution in [2.24, 2.45) is 5.92 Å². The number of benzene rings is 1. The molecule has 0 radical (unpaired) electrons. The highest BCUT2D eigenvalue weighted by molar-refractivity contribution is 9.10. The van der Waals surface area contributed by atoms with Crippen molar-refractivity contribution in [1.82, 2.24) is 4.90 Å². The van der Waals surface area contributed by atoms with Crippen molar-refractivity contribution in [3.63, 3.8) is 0 Å². The first-order chi connectivity index (χ1) is 7.11. The lowest BCUT2D eigenvalue weighted by Gasteiger charge is -2.10. The lowest BCUT2D eigenvalue weighted by Crippen LogP contribution is -2.23. The molecule has 0 bridgehead atoms. The molecule has 0 aliphatic heterocycles. The summed E-state index contributed by atoms with van der Waals surface area (Å²) >= 11 is 3.53. The number of amides is 1. The molecule has 2 atom stereocenters. The van der Waals surface area contributed by atoms with Crippen LogP contribution < -0.4 is 0 Å². The van der Waals surface area contributed by atoms with E-state index in [1.165, 1.54) is 5.56 Å². The van der Waals surface area contributed by atoms with Gasteiger partial charge in [-0.15, -0.1) is 0 Å². The molecule has 1 aromatic rings. The van der Waals surface area contributed by atoms with Crippen molar-refractivity contribution in [3.05, 3.63) is 34.3 Å². The first-order valence-electron chi connectivity index (χ1n) is 5.07. The van der Waals surface area contributed by atoms with Gasteiger partial charge in [-0.25, -0.2) is 0 Å². The second-order valence-electron chi connectivity index (χ2n) is 4.20. The van der Waals surface area contributed by atoms with E-state index in [4.69, 9.17) is 0 Å². The molecule has 0 saturated heterocycles. The molecule has 0 aromatic heterocycles. The van der Waals surface area contributed by atoms with E-state index in [0.29, 0.717) is 5.92 Å². The van der Waals surface area contributed by atoms with Crippen LogP contribution in [0, 0.1) is 5.92 Å². The average Bonchev–Trinajstić information content (AvgIpc) is 2.97. The van der Waals surface area contributed by atoms with Crippen LogP contribution in [0.4, 0.5) is 0 Å². The summed E-state index contributed by atoms with van der Waals surface area (Å²) in [5, 5.41) is 0. The van der Waals surface area contributed by atoms with Gasteiger partial charge < -0.3 is 4.90 Å². The lowest BCUT2D eigenvalue weighted by atomic mass is 10.1. The van der Waals surface area contributed by atoms with Crippen LogP contribution in [-0.4, -0.2) is 24.9 Å². The molecule has 0 unspecified atom stereocenters. The number of carbonyl (C=O) groups excluding carboxylic acids is 1. The Balaban J connectivity index is 2.12. The van der Waals surface area contributed by atoms with Crippen LogP contribution in [-0.2, 0) is 4.79 Å². The largest absolute Gasteiger partial charge is 0.349 e. The van der Waals surface area contributed by atoms with E-state index in [-0.39, 0.29) is 11.8 Å². The third-order valence-electron chi connectivity index (χ3n) is 2.85. The Kier molecular flexibility index (Phi) is 2.83. The van der Waals surface area contributed by atoms with Gasteiger partial charge in [0.2, 0.25) is 5.91 Å². The monoisotopic (exact) mass is 267 g/mol. The highest BCUT2D eigenvalue weighted by atomic mass is 79.9. The standard InChI is InChI=1S/C12H14BrNO/c1-14(2)12(15)10-7-9(10)8-5-3-4-6-11(8)13/h3-6,9-10H,7H2,1-2H3/t9-,10-/m1/s1. The molecular formula is C12H14BrNO. The zero-order valence-electron chi connectivity index (χ0n) is 8.90. The molecule has 1 amide bonds. The van der Waals surface area contributed by atoms with Gasteiger partial charge in [-0.05, 0) is 24.0 Å². The van der Waals surface area contributed by atoms with Crippen LogP contribution in [0.15, 0.2) is 28.7 Å². The predicted octanol–water partition coefficient (Wildman–Crippen LogP) is 2.64. The number of nitrogens with zero attached hydrogens (tertiary/aromatic N) is 1. The number of hydrogen-bond donors (Lipinski definition) is 0. The van der Waals surface area contributed by atoms with Crippen LogP contribution in [0.25, 0.3) is 0 Å². The number of rotatable bonds is 2. The maximum atomic E-state index is 11.7. The van der Waals surface area contributed by atoms with Gasteiger partial charge in [0.25, 0.3) is 0 Å². The van der Waals surface area contributed by atoms with Gasteiger partial charge in [-0.1, -0.05) is 34.1 Å². The number of halogens is 1. The van der Waals surface area contributed by atoms with E-state index in [1.54, 1.807) is 4.90 Å². The Morgan fingerprint density at radius 3 is 2.67 bits per heavy atom. The molecule has 1 aromatic carbocycles. The average molecular weight is 268 g/mol.